The molecule has 0 aromatic rings. The maximum atomic E-state index is 12.5. The SMILES string of the molecule is CCC/C=C\CCCCCCCC(=O)OC(COCCCCCCCCCCCCCCCCCCCCCCCCCC)COP(=O)(O)OCC(O)CO. The summed E-state index contributed by atoms with van der Waals surface area (Å²) in [4.78, 5) is 22.5. The Morgan fingerprint density at radius 1 is 0.545 bits per heavy atom. The number of esters is 1. The molecule has 3 atom stereocenters. The lowest BCUT2D eigenvalue weighted by atomic mass is 10.0. The number of unbranched alkanes of at least 4 members (excludes halogenated alkanes) is 29. The van der Waals surface area contributed by atoms with Gasteiger partial charge in [-0.05, 0) is 32.1 Å². The number of aliphatic hydroxyl groups is 2. The number of rotatable bonds is 45. The highest BCUT2D eigenvalue weighted by molar-refractivity contribution is 7.47. The second-order valence-corrected chi connectivity index (χ2v) is 17.2. The number of allylic oxidation sites excluding steroid dienone is 2. The summed E-state index contributed by atoms with van der Waals surface area (Å²) in [6.07, 6.45) is 43.4. The molecule has 0 aliphatic heterocycles. The summed E-state index contributed by atoms with van der Waals surface area (Å²) < 4.78 is 33.3. The number of carbonyl (C=O) groups is 1. The van der Waals surface area contributed by atoms with Crippen molar-refractivity contribution < 1.29 is 43.0 Å². The summed E-state index contributed by atoms with van der Waals surface area (Å²) in [6, 6.07) is 0. The highest BCUT2D eigenvalue weighted by Crippen LogP contribution is 2.43. The van der Waals surface area contributed by atoms with Crippen molar-refractivity contribution in [3.63, 3.8) is 0 Å². The van der Waals surface area contributed by atoms with Crippen molar-refractivity contribution in [2.75, 3.05) is 33.0 Å². The molecule has 10 heteroatoms. The number of ether oxygens (including phenoxy) is 2. The number of hydrogen-bond acceptors (Lipinski definition) is 8. The summed E-state index contributed by atoms with van der Waals surface area (Å²) in [7, 11) is -4.51. The first-order chi connectivity index (χ1) is 26.8. The van der Waals surface area contributed by atoms with Crippen LogP contribution in [0.2, 0.25) is 0 Å². The highest BCUT2D eigenvalue weighted by Gasteiger charge is 2.26. The fourth-order valence-electron chi connectivity index (χ4n) is 6.65. The minimum Gasteiger partial charge on any atom is -0.457 e. The zero-order chi connectivity index (χ0) is 40.3. The predicted molar refractivity (Wildman–Crippen MR) is 228 cm³/mol. The number of carbonyl (C=O) groups excluding carboxylic acids is 1. The van der Waals surface area contributed by atoms with Crippen LogP contribution in [0, 0.1) is 0 Å². The van der Waals surface area contributed by atoms with E-state index in [2.05, 4.69) is 26.0 Å². The van der Waals surface area contributed by atoms with Gasteiger partial charge in [0.2, 0.25) is 0 Å². The molecule has 0 aliphatic carbocycles. The lowest BCUT2D eigenvalue weighted by Gasteiger charge is -2.20. The second-order valence-electron chi connectivity index (χ2n) is 15.8. The average molecular weight is 805 g/mol. The van der Waals surface area contributed by atoms with Gasteiger partial charge in [-0.2, -0.15) is 0 Å². The van der Waals surface area contributed by atoms with E-state index in [0.29, 0.717) is 6.61 Å². The van der Waals surface area contributed by atoms with Crippen molar-refractivity contribution in [1.29, 1.82) is 0 Å². The predicted octanol–water partition coefficient (Wildman–Crippen LogP) is 12.9. The van der Waals surface area contributed by atoms with E-state index >= 15 is 0 Å². The molecule has 0 bridgehead atoms. The Labute approximate surface area is 339 Å². The van der Waals surface area contributed by atoms with Gasteiger partial charge in [0.25, 0.3) is 0 Å². The molecule has 0 spiro atoms. The molecule has 3 N–H and O–H groups in total. The zero-order valence-corrected chi connectivity index (χ0v) is 36.8. The number of hydrogen-bond donors (Lipinski definition) is 3. The molecule has 0 amide bonds. The Balaban J connectivity index is 3.94. The van der Waals surface area contributed by atoms with Crippen LogP contribution in [0.15, 0.2) is 12.2 Å². The van der Waals surface area contributed by atoms with E-state index in [-0.39, 0.29) is 25.6 Å². The Morgan fingerprint density at radius 2 is 0.964 bits per heavy atom. The fourth-order valence-corrected chi connectivity index (χ4v) is 7.44. The number of aliphatic hydroxyl groups excluding tert-OH is 2. The molecule has 0 aliphatic rings. The first-order valence-corrected chi connectivity index (χ1v) is 24.7. The number of phosphoric acid groups is 1. The molecule has 0 rings (SSSR count). The van der Waals surface area contributed by atoms with Gasteiger partial charge in [-0.3, -0.25) is 13.8 Å². The first kappa shape index (κ1) is 54.2. The molecule has 0 saturated heterocycles. The molecule has 0 aromatic heterocycles. The standard InChI is InChI=1S/C45H89O9P/c1-3-5-7-9-11-13-15-16-17-18-19-20-21-22-23-24-25-26-27-28-30-32-34-36-38-51-41-44(42-53-55(49,50)52-40-43(47)39-46)54-45(48)37-35-33-31-29-14-12-10-8-6-4-2/h8,10,43-44,46-47H,3-7,9,11-42H2,1-2H3,(H,49,50)/b10-8-. The molecule has 55 heavy (non-hydrogen) atoms. The smallest absolute Gasteiger partial charge is 0.457 e. The lowest BCUT2D eigenvalue weighted by molar-refractivity contribution is -0.154. The van der Waals surface area contributed by atoms with Crippen molar-refractivity contribution in [1.82, 2.24) is 0 Å². The van der Waals surface area contributed by atoms with Crippen LogP contribution in [0.5, 0.6) is 0 Å². The van der Waals surface area contributed by atoms with Gasteiger partial charge >= 0.3 is 13.8 Å². The molecule has 0 radical (unpaired) electrons. The van der Waals surface area contributed by atoms with Crippen LogP contribution in [0.3, 0.4) is 0 Å². The molecular formula is C45H89O9P. The first-order valence-electron chi connectivity index (χ1n) is 23.2. The van der Waals surface area contributed by atoms with E-state index in [1.807, 2.05) is 0 Å². The molecule has 328 valence electrons. The Morgan fingerprint density at radius 3 is 1.44 bits per heavy atom. The molecular weight excluding hydrogens is 715 g/mol. The summed E-state index contributed by atoms with van der Waals surface area (Å²) in [5.41, 5.74) is 0. The molecule has 0 aromatic carbocycles. The zero-order valence-electron chi connectivity index (χ0n) is 35.9. The van der Waals surface area contributed by atoms with Gasteiger partial charge in [0.15, 0.2) is 0 Å². The maximum Gasteiger partial charge on any atom is 0.472 e. The van der Waals surface area contributed by atoms with Crippen LogP contribution in [0.1, 0.15) is 226 Å². The van der Waals surface area contributed by atoms with Crippen LogP contribution in [0.4, 0.5) is 0 Å². The van der Waals surface area contributed by atoms with E-state index in [0.717, 1.165) is 57.8 Å². The molecule has 0 fully saturated rings. The molecule has 3 unspecified atom stereocenters. The average Bonchev–Trinajstić information content (AvgIpc) is 3.18. The van der Waals surface area contributed by atoms with E-state index in [4.69, 9.17) is 23.6 Å². The van der Waals surface area contributed by atoms with Gasteiger partial charge in [0.05, 0.1) is 26.4 Å². The van der Waals surface area contributed by atoms with E-state index in [1.54, 1.807) is 0 Å². The highest BCUT2D eigenvalue weighted by atomic mass is 31.2. The largest absolute Gasteiger partial charge is 0.472 e. The molecule has 0 saturated carbocycles. The number of phosphoric ester groups is 1. The van der Waals surface area contributed by atoms with Crippen molar-refractivity contribution in [3.8, 4) is 0 Å². The van der Waals surface area contributed by atoms with Crippen molar-refractivity contribution in [2.45, 2.75) is 238 Å². The Hall–Kier alpha value is -0.800. The van der Waals surface area contributed by atoms with Gasteiger partial charge < -0.3 is 24.6 Å². The summed E-state index contributed by atoms with van der Waals surface area (Å²) in [5, 5.41) is 18.3. The maximum absolute atomic E-state index is 12.5. The molecule has 9 nitrogen and oxygen atoms in total. The van der Waals surface area contributed by atoms with E-state index in [9.17, 15) is 19.4 Å². The van der Waals surface area contributed by atoms with Gasteiger partial charge in [0.1, 0.15) is 12.2 Å². The lowest BCUT2D eigenvalue weighted by Crippen LogP contribution is -2.29. The van der Waals surface area contributed by atoms with Crippen molar-refractivity contribution in [2.24, 2.45) is 0 Å². The monoisotopic (exact) mass is 805 g/mol. The third-order valence-corrected chi connectivity index (χ3v) is 11.1. The normalized spacial score (nSPS) is 14.1. The Bertz CT molecular complexity index is 871. The summed E-state index contributed by atoms with van der Waals surface area (Å²) >= 11 is 0. The second kappa shape index (κ2) is 42.8. The Kier molecular flexibility index (Phi) is 42.2. The minimum absolute atomic E-state index is 0.0515. The molecule has 0 heterocycles. The summed E-state index contributed by atoms with van der Waals surface area (Å²) in [6.45, 7) is 3.49. The van der Waals surface area contributed by atoms with Gasteiger partial charge in [-0.15, -0.1) is 0 Å². The van der Waals surface area contributed by atoms with Crippen LogP contribution in [-0.2, 0) is 27.9 Å². The van der Waals surface area contributed by atoms with Crippen molar-refractivity contribution in [3.05, 3.63) is 12.2 Å². The summed E-state index contributed by atoms with van der Waals surface area (Å²) in [5.74, 6) is -0.390. The quantitative estimate of drug-likeness (QED) is 0.0238. The van der Waals surface area contributed by atoms with Crippen molar-refractivity contribution >= 4 is 13.8 Å². The van der Waals surface area contributed by atoms with Gasteiger partial charge in [-0.1, -0.05) is 199 Å². The van der Waals surface area contributed by atoms with Crippen LogP contribution < -0.4 is 0 Å². The topological polar surface area (TPSA) is 132 Å². The third-order valence-electron chi connectivity index (χ3n) is 10.2. The third kappa shape index (κ3) is 42.6. The van der Waals surface area contributed by atoms with Crippen LogP contribution in [0.25, 0.3) is 0 Å². The van der Waals surface area contributed by atoms with E-state index in [1.165, 1.54) is 148 Å². The van der Waals surface area contributed by atoms with Gasteiger partial charge in [0, 0.05) is 13.0 Å². The fraction of sp³-hybridized carbons (Fsp3) is 0.933. The van der Waals surface area contributed by atoms with Crippen LogP contribution in [-0.4, -0.2) is 66.3 Å². The van der Waals surface area contributed by atoms with E-state index < -0.39 is 33.2 Å². The van der Waals surface area contributed by atoms with Crippen LogP contribution >= 0.6 is 7.82 Å². The van der Waals surface area contributed by atoms with Gasteiger partial charge in [-0.25, -0.2) is 4.57 Å². The minimum atomic E-state index is -4.51.